The number of hydrogen-bond donors (Lipinski definition) is 1. The number of methoxy groups -OCH3 is 1. The minimum absolute atomic E-state index is 0.0482. The van der Waals surface area contributed by atoms with E-state index in [2.05, 4.69) is 36.5 Å². The Balaban J connectivity index is 1.58. The zero-order valence-electron chi connectivity index (χ0n) is 20.6. The standard InChI is InChI=1S/C30H32N2O3/c1-4-22-9-11-23(12-10-22)13-14-26-17-25-15-16-27(35-3)18-28(25)32(30(26)34)20-29(33)31-19-24-7-5-21(2)6-8-24/h5-12,15-18H,4,13-14,19-20H2,1-3H3,(H,31,33). The SMILES string of the molecule is CCc1ccc(CCc2cc3ccc(OC)cc3n(CC(=O)NCc3ccc(C)cc3)c2=O)cc1. The van der Waals surface area contributed by atoms with Crippen LogP contribution in [0, 0.1) is 6.92 Å². The highest BCUT2D eigenvalue weighted by Crippen LogP contribution is 2.21. The molecule has 0 radical (unpaired) electrons. The molecule has 4 aromatic rings. The minimum atomic E-state index is -0.205. The molecule has 5 nitrogen and oxygen atoms in total. The molecule has 0 aliphatic carbocycles. The molecule has 0 saturated carbocycles. The van der Waals surface area contributed by atoms with E-state index in [1.165, 1.54) is 16.7 Å². The normalized spacial score (nSPS) is 10.9. The van der Waals surface area contributed by atoms with E-state index in [-0.39, 0.29) is 18.0 Å². The van der Waals surface area contributed by atoms with Crippen molar-refractivity contribution in [3.8, 4) is 5.75 Å². The number of nitrogens with one attached hydrogen (secondary N) is 1. The van der Waals surface area contributed by atoms with Gasteiger partial charge >= 0.3 is 0 Å². The molecule has 0 fully saturated rings. The number of rotatable bonds is 9. The molecule has 0 aliphatic heterocycles. The summed E-state index contributed by atoms with van der Waals surface area (Å²) in [4.78, 5) is 26.3. The fourth-order valence-electron chi connectivity index (χ4n) is 4.20. The Labute approximate surface area is 206 Å². The van der Waals surface area contributed by atoms with Gasteiger partial charge in [0.05, 0.1) is 12.6 Å². The van der Waals surface area contributed by atoms with Crippen molar-refractivity contribution < 1.29 is 9.53 Å². The van der Waals surface area contributed by atoms with Crippen molar-refractivity contribution >= 4 is 16.8 Å². The molecule has 0 saturated heterocycles. The van der Waals surface area contributed by atoms with Crippen molar-refractivity contribution in [2.45, 2.75) is 46.2 Å². The first-order chi connectivity index (χ1) is 17.0. The molecule has 0 atom stereocenters. The summed E-state index contributed by atoms with van der Waals surface area (Å²) in [7, 11) is 1.59. The largest absolute Gasteiger partial charge is 0.497 e. The van der Waals surface area contributed by atoms with Crippen molar-refractivity contribution in [3.63, 3.8) is 0 Å². The first-order valence-electron chi connectivity index (χ1n) is 12.1. The molecule has 0 unspecified atom stereocenters. The quantitative estimate of drug-likeness (QED) is 0.377. The summed E-state index contributed by atoms with van der Waals surface area (Å²) in [6, 6.07) is 24.1. The van der Waals surface area contributed by atoms with Crippen molar-refractivity contribution in [1.82, 2.24) is 9.88 Å². The Kier molecular flexibility index (Phi) is 7.66. The highest BCUT2D eigenvalue weighted by atomic mass is 16.5. The number of hydrogen-bond acceptors (Lipinski definition) is 3. The van der Waals surface area contributed by atoms with E-state index in [4.69, 9.17) is 4.74 Å². The maximum Gasteiger partial charge on any atom is 0.254 e. The lowest BCUT2D eigenvalue weighted by molar-refractivity contribution is -0.121. The Morgan fingerprint density at radius 2 is 1.57 bits per heavy atom. The van der Waals surface area contributed by atoms with Crippen LogP contribution in [0.2, 0.25) is 0 Å². The molecule has 1 amide bonds. The first-order valence-corrected chi connectivity index (χ1v) is 12.1. The summed E-state index contributed by atoms with van der Waals surface area (Å²) >= 11 is 0. The predicted molar refractivity (Wildman–Crippen MR) is 141 cm³/mol. The summed E-state index contributed by atoms with van der Waals surface area (Å²) in [6.07, 6.45) is 2.38. The molecular weight excluding hydrogens is 436 g/mol. The lowest BCUT2D eigenvalue weighted by atomic mass is 10.0. The molecule has 0 spiro atoms. The van der Waals surface area contributed by atoms with E-state index in [1.807, 2.05) is 55.5 Å². The van der Waals surface area contributed by atoms with Crippen LogP contribution < -0.4 is 15.6 Å². The molecule has 0 aliphatic rings. The third-order valence-corrected chi connectivity index (χ3v) is 6.40. The lowest BCUT2D eigenvalue weighted by Gasteiger charge is -2.14. The maximum atomic E-state index is 13.5. The lowest BCUT2D eigenvalue weighted by Crippen LogP contribution is -2.33. The van der Waals surface area contributed by atoms with Crippen LogP contribution in [0.1, 0.15) is 34.7 Å². The molecule has 1 aromatic heterocycles. The molecule has 4 rings (SSSR count). The molecule has 3 aromatic carbocycles. The molecule has 1 heterocycles. The Morgan fingerprint density at radius 1 is 0.886 bits per heavy atom. The van der Waals surface area contributed by atoms with Gasteiger partial charge in [-0.05, 0) is 66.5 Å². The number of carbonyl (C=O) groups is 1. The fraction of sp³-hybridized carbons (Fsp3) is 0.267. The van der Waals surface area contributed by atoms with Gasteiger partial charge in [0.2, 0.25) is 5.91 Å². The average molecular weight is 469 g/mol. The molecular formula is C30H32N2O3. The van der Waals surface area contributed by atoms with Crippen molar-refractivity contribution in [2.24, 2.45) is 0 Å². The number of nitrogens with zero attached hydrogens (tertiary/aromatic N) is 1. The average Bonchev–Trinajstić information content (AvgIpc) is 2.89. The van der Waals surface area contributed by atoms with Gasteiger partial charge in [0.25, 0.3) is 5.56 Å². The van der Waals surface area contributed by atoms with Crippen molar-refractivity contribution in [1.29, 1.82) is 0 Å². The summed E-state index contributed by atoms with van der Waals surface area (Å²) in [5, 5.41) is 3.86. The number of carbonyl (C=O) groups excluding carboxylic acids is 1. The van der Waals surface area contributed by atoms with E-state index in [0.29, 0.717) is 29.8 Å². The van der Waals surface area contributed by atoms with Crippen LogP contribution in [0.4, 0.5) is 0 Å². The van der Waals surface area contributed by atoms with Gasteiger partial charge in [-0.15, -0.1) is 0 Å². The number of pyridine rings is 1. The van der Waals surface area contributed by atoms with Gasteiger partial charge in [0, 0.05) is 18.2 Å². The third-order valence-electron chi connectivity index (χ3n) is 6.40. The number of aromatic nitrogens is 1. The Bertz CT molecular complexity index is 1370. The highest BCUT2D eigenvalue weighted by Gasteiger charge is 2.14. The number of amides is 1. The van der Waals surface area contributed by atoms with Crippen molar-refractivity contribution in [2.75, 3.05) is 7.11 Å². The second-order valence-corrected chi connectivity index (χ2v) is 8.92. The number of fused-ring (bicyclic) bond motifs is 1. The molecule has 35 heavy (non-hydrogen) atoms. The number of ether oxygens (including phenoxy) is 1. The van der Waals surface area contributed by atoms with E-state index >= 15 is 0 Å². The second kappa shape index (κ2) is 11.0. The van der Waals surface area contributed by atoms with Crippen LogP contribution in [0.25, 0.3) is 10.9 Å². The van der Waals surface area contributed by atoms with Gasteiger partial charge < -0.3 is 10.1 Å². The van der Waals surface area contributed by atoms with Crippen LogP contribution in [0.15, 0.2) is 77.6 Å². The van der Waals surface area contributed by atoms with E-state index < -0.39 is 0 Å². The Morgan fingerprint density at radius 3 is 2.26 bits per heavy atom. The summed E-state index contributed by atoms with van der Waals surface area (Å²) in [5.74, 6) is 0.443. The molecule has 180 valence electrons. The third kappa shape index (κ3) is 5.99. The van der Waals surface area contributed by atoms with E-state index in [1.54, 1.807) is 11.7 Å². The van der Waals surface area contributed by atoms with Gasteiger partial charge in [-0.1, -0.05) is 61.0 Å². The van der Waals surface area contributed by atoms with Crippen LogP contribution >= 0.6 is 0 Å². The fourth-order valence-corrected chi connectivity index (χ4v) is 4.20. The molecule has 0 bridgehead atoms. The molecule has 5 heteroatoms. The Hall–Kier alpha value is -3.86. The van der Waals surface area contributed by atoms with Crippen molar-refractivity contribution in [3.05, 3.63) is 111 Å². The van der Waals surface area contributed by atoms with Gasteiger partial charge in [-0.2, -0.15) is 0 Å². The topological polar surface area (TPSA) is 60.3 Å². The molecule has 1 N–H and O–H groups in total. The summed E-state index contributed by atoms with van der Waals surface area (Å²) in [6.45, 7) is 4.54. The first kappa shape index (κ1) is 24.3. The van der Waals surface area contributed by atoms with E-state index in [9.17, 15) is 9.59 Å². The smallest absolute Gasteiger partial charge is 0.254 e. The maximum absolute atomic E-state index is 13.5. The summed E-state index contributed by atoms with van der Waals surface area (Å²) < 4.78 is 6.94. The van der Waals surface area contributed by atoms with Crippen LogP contribution in [-0.4, -0.2) is 17.6 Å². The predicted octanol–water partition coefficient (Wildman–Crippen LogP) is 4.98. The monoisotopic (exact) mass is 468 g/mol. The second-order valence-electron chi connectivity index (χ2n) is 8.92. The number of aryl methyl sites for hydroxylation is 4. The van der Waals surface area contributed by atoms with Gasteiger partial charge in [0.1, 0.15) is 12.3 Å². The zero-order valence-corrected chi connectivity index (χ0v) is 20.6. The van der Waals surface area contributed by atoms with Crippen LogP contribution in [0.5, 0.6) is 5.75 Å². The van der Waals surface area contributed by atoms with Gasteiger partial charge in [-0.25, -0.2) is 0 Å². The zero-order chi connectivity index (χ0) is 24.8. The van der Waals surface area contributed by atoms with Gasteiger partial charge in [0.15, 0.2) is 0 Å². The number of benzene rings is 3. The summed E-state index contributed by atoms with van der Waals surface area (Å²) in [5.41, 5.74) is 5.94. The van der Waals surface area contributed by atoms with Crippen LogP contribution in [-0.2, 0) is 37.1 Å². The highest BCUT2D eigenvalue weighted by molar-refractivity contribution is 5.84. The van der Waals surface area contributed by atoms with E-state index in [0.717, 1.165) is 23.8 Å². The van der Waals surface area contributed by atoms with Gasteiger partial charge in [-0.3, -0.25) is 14.2 Å². The minimum Gasteiger partial charge on any atom is -0.497 e. The van der Waals surface area contributed by atoms with Crippen LogP contribution in [0.3, 0.4) is 0 Å².